The standard InChI is InChI=1S/C10H16N2OS/c1-7(13-2)10-12-6-9(14-10)5-11-8-3-4-8/h6-8,11H,3-5H2,1-2H3. The molecule has 0 aliphatic heterocycles. The van der Waals surface area contributed by atoms with Crippen molar-refractivity contribution >= 4 is 11.3 Å². The van der Waals surface area contributed by atoms with E-state index in [0.29, 0.717) is 0 Å². The molecule has 0 amide bonds. The maximum absolute atomic E-state index is 5.21. The molecule has 1 unspecified atom stereocenters. The van der Waals surface area contributed by atoms with Gasteiger partial charge in [-0.3, -0.25) is 0 Å². The van der Waals surface area contributed by atoms with Gasteiger partial charge in [0.2, 0.25) is 0 Å². The molecular weight excluding hydrogens is 196 g/mol. The number of nitrogens with zero attached hydrogens (tertiary/aromatic N) is 1. The van der Waals surface area contributed by atoms with E-state index in [2.05, 4.69) is 10.3 Å². The fourth-order valence-electron chi connectivity index (χ4n) is 1.23. The van der Waals surface area contributed by atoms with Crippen molar-refractivity contribution in [2.45, 2.75) is 38.5 Å². The Hall–Kier alpha value is -0.450. The Labute approximate surface area is 88.5 Å². The van der Waals surface area contributed by atoms with Crippen LogP contribution in [0.2, 0.25) is 0 Å². The monoisotopic (exact) mass is 212 g/mol. The molecule has 0 aromatic carbocycles. The lowest BCUT2D eigenvalue weighted by Crippen LogP contribution is -2.14. The van der Waals surface area contributed by atoms with E-state index >= 15 is 0 Å². The van der Waals surface area contributed by atoms with Crippen molar-refractivity contribution in [3.63, 3.8) is 0 Å². The van der Waals surface area contributed by atoms with Crippen LogP contribution in [-0.2, 0) is 11.3 Å². The van der Waals surface area contributed by atoms with Gasteiger partial charge >= 0.3 is 0 Å². The Balaban J connectivity index is 1.87. The maximum Gasteiger partial charge on any atom is 0.121 e. The minimum Gasteiger partial charge on any atom is -0.375 e. The van der Waals surface area contributed by atoms with Gasteiger partial charge in [0, 0.05) is 30.8 Å². The second kappa shape index (κ2) is 4.38. The molecule has 0 spiro atoms. The van der Waals surface area contributed by atoms with Gasteiger partial charge in [0.15, 0.2) is 0 Å². The summed E-state index contributed by atoms with van der Waals surface area (Å²) in [4.78, 5) is 5.64. The fourth-order valence-corrected chi connectivity index (χ4v) is 2.12. The van der Waals surface area contributed by atoms with Crippen LogP contribution in [0.1, 0.15) is 35.8 Å². The van der Waals surface area contributed by atoms with E-state index in [1.165, 1.54) is 17.7 Å². The van der Waals surface area contributed by atoms with Gasteiger partial charge in [-0.05, 0) is 19.8 Å². The SMILES string of the molecule is COC(C)c1ncc(CNC2CC2)s1. The number of aromatic nitrogens is 1. The van der Waals surface area contributed by atoms with E-state index in [1.807, 2.05) is 13.1 Å². The van der Waals surface area contributed by atoms with Gasteiger partial charge in [-0.2, -0.15) is 0 Å². The van der Waals surface area contributed by atoms with Crippen LogP contribution in [0.5, 0.6) is 0 Å². The van der Waals surface area contributed by atoms with E-state index in [1.54, 1.807) is 18.4 Å². The molecule has 0 bridgehead atoms. The molecule has 4 heteroatoms. The van der Waals surface area contributed by atoms with Crippen LogP contribution in [0.25, 0.3) is 0 Å². The second-order valence-corrected chi connectivity index (χ2v) is 4.84. The Morgan fingerprint density at radius 1 is 1.71 bits per heavy atom. The van der Waals surface area contributed by atoms with Crippen molar-refractivity contribution < 1.29 is 4.74 Å². The molecule has 1 saturated carbocycles. The van der Waals surface area contributed by atoms with Crippen LogP contribution < -0.4 is 5.32 Å². The summed E-state index contributed by atoms with van der Waals surface area (Å²) in [5.41, 5.74) is 0. The molecule has 1 atom stereocenters. The van der Waals surface area contributed by atoms with Crippen molar-refractivity contribution in [2.75, 3.05) is 7.11 Å². The van der Waals surface area contributed by atoms with Crippen LogP contribution in [0.3, 0.4) is 0 Å². The summed E-state index contributed by atoms with van der Waals surface area (Å²) in [6, 6.07) is 0.764. The van der Waals surface area contributed by atoms with E-state index in [0.717, 1.165) is 17.6 Å². The molecule has 0 radical (unpaired) electrons. The smallest absolute Gasteiger partial charge is 0.121 e. The number of hydrogen-bond acceptors (Lipinski definition) is 4. The summed E-state index contributed by atoms with van der Waals surface area (Å²) >= 11 is 1.74. The largest absolute Gasteiger partial charge is 0.375 e. The van der Waals surface area contributed by atoms with Crippen LogP contribution in [0, 0.1) is 0 Å². The number of rotatable bonds is 5. The van der Waals surface area contributed by atoms with E-state index < -0.39 is 0 Å². The number of nitrogens with one attached hydrogen (secondary N) is 1. The number of ether oxygens (including phenoxy) is 1. The summed E-state index contributed by atoms with van der Waals surface area (Å²) in [7, 11) is 1.72. The Bertz CT molecular complexity index is 296. The Morgan fingerprint density at radius 3 is 3.14 bits per heavy atom. The zero-order chi connectivity index (χ0) is 9.97. The van der Waals surface area contributed by atoms with Gasteiger partial charge in [-0.1, -0.05) is 0 Å². The molecule has 1 aliphatic rings. The highest BCUT2D eigenvalue weighted by atomic mass is 32.1. The first-order chi connectivity index (χ1) is 6.79. The molecule has 1 aliphatic carbocycles. The van der Waals surface area contributed by atoms with Crippen molar-refractivity contribution in [3.8, 4) is 0 Å². The summed E-state index contributed by atoms with van der Waals surface area (Å²) in [5.74, 6) is 0. The highest BCUT2D eigenvalue weighted by molar-refractivity contribution is 7.11. The molecule has 1 N–H and O–H groups in total. The fraction of sp³-hybridized carbons (Fsp3) is 0.700. The number of thiazole rings is 1. The normalized spacial score (nSPS) is 18.4. The van der Waals surface area contributed by atoms with Crippen LogP contribution in [-0.4, -0.2) is 18.1 Å². The van der Waals surface area contributed by atoms with Crippen LogP contribution in [0.15, 0.2) is 6.20 Å². The average Bonchev–Trinajstić information content (AvgIpc) is 2.92. The first kappa shape index (κ1) is 10.1. The van der Waals surface area contributed by atoms with E-state index in [4.69, 9.17) is 4.74 Å². The third-order valence-electron chi connectivity index (χ3n) is 2.42. The molecule has 78 valence electrons. The molecule has 0 saturated heterocycles. The number of hydrogen-bond donors (Lipinski definition) is 1. The summed E-state index contributed by atoms with van der Waals surface area (Å²) in [6.07, 6.45) is 4.74. The van der Waals surface area contributed by atoms with E-state index in [-0.39, 0.29) is 6.10 Å². The van der Waals surface area contributed by atoms with Gasteiger partial charge in [0.25, 0.3) is 0 Å². The zero-order valence-electron chi connectivity index (χ0n) is 8.62. The first-order valence-corrected chi connectivity index (χ1v) is 5.82. The Morgan fingerprint density at radius 2 is 2.50 bits per heavy atom. The average molecular weight is 212 g/mol. The molecule has 1 aromatic heterocycles. The third kappa shape index (κ3) is 2.53. The number of methoxy groups -OCH3 is 1. The molecule has 1 heterocycles. The van der Waals surface area contributed by atoms with Crippen LogP contribution in [0.4, 0.5) is 0 Å². The van der Waals surface area contributed by atoms with Gasteiger partial charge in [0.1, 0.15) is 11.1 Å². The third-order valence-corrected chi connectivity index (χ3v) is 3.57. The molecule has 14 heavy (non-hydrogen) atoms. The lowest BCUT2D eigenvalue weighted by Gasteiger charge is -2.03. The molecular formula is C10H16N2OS. The van der Waals surface area contributed by atoms with Crippen molar-refractivity contribution in [1.29, 1.82) is 0 Å². The Kier molecular flexibility index (Phi) is 3.15. The predicted molar refractivity (Wildman–Crippen MR) is 57.4 cm³/mol. The lowest BCUT2D eigenvalue weighted by atomic mass is 10.4. The summed E-state index contributed by atoms with van der Waals surface area (Å²) < 4.78 is 5.21. The van der Waals surface area contributed by atoms with Gasteiger partial charge in [-0.25, -0.2) is 4.98 Å². The molecule has 1 aromatic rings. The first-order valence-electron chi connectivity index (χ1n) is 5.00. The minimum absolute atomic E-state index is 0.120. The van der Waals surface area contributed by atoms with Crippen molar-refractivity contribution in [2.24, 2.45) is 0 Å². The van der Waals surface area contributed by atoms with Gasteiger partial charge in [-0.15, -0.1) is 11.3 Å². The molecule has 2 rings (SSSR count). The maximum atomic E-state index is 5.21. The summed E-state index contributed by atoms with van der Waals surface area (Å²) in [6.45, 7) is 2.98. The highest BCUT2D eigenvalue weighted by Gasteiger charge is 2.20. The highest BCUT2D eigenvalue weighted by Crippen LogP contribution is 2.24. The topological polar surface area (TPSA) is 34.1 Å². The van der Waals surface area contributed by atoms with Gasteiger partial charge < -0.3 is 10.1 Å². The quantitative estimate of drug-likeness (QED) is 0.811. The lowest BCUT2D eigenvalue weighted by molar-refractivity contribution is 0.119. The predicted octanol–water partition coefficient (Wildman–Crippen LogP) is 2.10. The molecule has 3 nitrogen and oxygen atoms in total. The van der Waals surface area contributed by atoms with Crippen LogP contribution >= 0.6 is 11.3 Å². The van der Waals surface area contributed by atoms with Gasteiger partial charge in [0.05, 0.1) is 0 Å². The van der Waals surface area contributed by atoms with Crippen molar-refractivity contribution in [3.05, 3.63) is 16.1 Å². The molecule has 1 fully saturated rings. The summed E-state index contributed by atoms with van der Waals surface area (Å²) in [5, 5.41) is 4.54. The minimum atomic E-state index is 0.120. The van der Waals surface area contributed by atoms with E-state index in [9.17, 15) is 0 Å². The van der Waals surface area contributed by atoms with Crippen molar-refractivity contribution in [1.82, 2.24) is 10.3 Å². The zero-order valence-corrected chi connectivity index (χ0v) is 9.43. The second-order valence-electron chi connectivity index (χ2n) is 3.70.